The van der Waals surface area contributed by atoms with Gasteiger partial charge in [0, 0.05) is 0 Å². The summed E-state index contributed by atoms with van der Waals surface area (Å²) in [6.07, 6.45) is 14.8. The second-order valence-corrected chi connectivity index (χ2v) is 8.08. The minimum atomic E-state index is -2.78. The monoisotopic (exact) mass is 628 g/mol. The number of aliphatic carboxylic acids is 3. The van der Waals surface area contributed by atoms with Gasteiger partial charge >= 0.3 is 44.1 Å². The molecule has 0 rings (SSSR count). The van der Waals surface area contributed by atoms with Gasteiger partial charge in [-0.2, -0.15) is 0 Å². The van der Waals surface area contributed by atoms with Crippen molar-refractivity contribution >= 4 is 44.1 Å². The van der Waals surface area contributed by atoms with Crippen molar-refractivity contribution in [3.63, 3.8) is 0 Å². The number of carboxylic acids is 3. The van der Waals surface area contributed by atoms with Gasteiger partial charge < -0.3 is 20.4 Å². The fraction of sp³-hybridized carbons (Fsp3) is 0.864. The van der Waals surface area contributed by atoms with E-state index in [1.807, 2.05) is 0 Å². The normalized spacial score (nSPS) is 13.8. The van der Waals surface area contributed by atoms with E-state index in [0.29, 0.717) is 6.42 Å². The van der Waals surface area contributed by atoms with E-state index in [0.717, 1.165) is 25.7 Å². The number of hydrogen-bond donors (Lipinski definition) is 4. The Hall–Kier alpha value is -0.747. The molecule has 0 heterocycles. The molecule has 4 N–H and O–H groups in total. The molecule has 0 aromatic rings. The maximum absolute atomic E-state index is 11.4. The van der Waals surface area contributed by atoms with Gasteiger partial charge in [-0.25, -0.2) is 4.79 Å². The third-order valence-electron chi connectivity index (χ3n) is 5.51. The van der Waals surface area contributed by atoms with Gasteiger partial charge in [-0.05, 0) is 6.42 Å². The molecule has 0 aromatic heterocycles. The zero-order chi connectivity index (χ0) is 22.1. The molecule has 0 aliphatic heterocycles. The third-order valence-corrected chi connectivity index (χ3v) is 5.51. The fourth-order valence-electron chi connectivity index (χ4n) is 3.69. The first-order valence-corrected chi connectivity index (χ1v) is 11.2. The number of carbonyl (C=O) groups is 3. The van der Waals surface area contributed by atoms with Crippen molar-refractivity contribution in [3.8, 4) is 0 Å². The first kappa shape index (κ1) is 31.4. The van der Waals surface area contributed by atoms with Gasteiger partial charge in [-0.15, -0.1) is 0 Å². The maximum atomic E-state index is 11.4. The van der Waals surface area contributed by atoms with Crippen LogP contribution in [0.1, 0.15) is 110 Å². The van der Waals surface area contributed by atoms with Crippen molar-refractivity contribution in [2.75, 3.05) is 0 Å². The SMILES string of the molecule is CCCCCCCCCCCCCCCCC(C(=O)O)C(O)(CC(=O)O)C(=O)O.[BiH3]. The second-order valence-electron chi connectivity index (χ2n) is 8.08. The van der Waals surface area contributed by atoms with Crippen molar-refractivity contribution in [1.82, 2.24) is 0 Å². The Morgan fingerprint density at radius 2 is 1.07 bits per heavy atom. The van der Waals surface area contributed by atoms with Gasteiger partial charge in [0.25, 0.3) is 0 Å². The quantitative estimate of drug-likeness (QED) is 0.120. The van der Waals surface area contributed by atoms with Gasteiger partial charge in [0.05, 0.1) is 12.3 Å². The number of unbranched alkanes of at least 4 members (excludes halogenated alkanes) is 13. The molecule has 0 aromatic carbocycles. The van der Waals surface area contributed by atoms with Gasteiger partial charge in [0.15, 0.2) is 5.60 Å². The summed E-state index contributed by atoms with van der Waals surface area (Å²) in [7, 11) is 0. The summed E-state index contributed by atoms with van der Waals surface area (Å²) in [5.74, 6) is -6.46. The molecule has 0 bridgehead atoms. The standard InChI is InChI=1S/C22H40O7.Bi.3H/c1-2-3-4-5-6-7-8-9-10-11-12-13-14-15-16-18(20(25)26)22(29,21(27)28)17-19(23)24;;;;/h18,29H,2-17H2,1H3,(H,23,24)(H,25,26)(H,27,28);;;;. The summed E-state index contributed by atoms with van der Waals surface area (Å²) < 4.78 is 0. The van der Waals surface area contributed by atoms with E-state index in [-0.39, 0.29) is 32.6 Å². The molecular formula is C22H43BiO7. The van der Waals surface area contributed by atoms with Crippen molar-refractivity contribution in [3.05, 3.63) is 0 Å². The van der Waals surface area contributed by atoms with Crippen molar-refractivity contribution < 1.29 is 34.8 Å². The van der Waals surface area contributed by atoms with Crippen LogP contribution in [-0.4, -0.2) is 70.1 Å². The van der Waals surface area contributed by atoms with E-state index >= 15 is 0 Å². The first-order chi connectivity index (χ1) is 13.8. The molecule has 0 spiro atoms. The Morgan fingerprint density at radius 3 is 1.37 bits per heavy atom. The molecule has 8 heteroatoms. The molecule has 2 unspecified atom stereocenters. The molecule has 0 aliphatic rings. The number of rotatable bonds is 20. The van der Waals surface area contributed by atoms with Crippen LogP contribution in [0.3, 0.4) is 0 Å². The van der Waals surface area contributed by atoms with Crippen molar-refractivity contribution in [2.45, 2.75) is 115 Å². The van der Waals surface area contributed by atoms with E-state index < -0.39 is 35.8 Å². The minimum absolute atomic E-state index is 0. The summed E-state index contributed by atoms with van der Waals surface area (Å²) in [5.41, 5.74) is -2.78. The van der Waals surface area contributed by atoms with Crippen LogP contribution >= 0.6 is 0 Å². The summed E-state index contributed by atoms with van der Waals surface area (Å²) in [5, 5.41) is 37.3. The van der Waals surface area contributed by atoms with E-state index in [4.69, 9.17) is 10.2 Å². The van der Waals surface area contributed by atoms with Crippen LogP contribution in [0.5, 0.6) is 0 Å². The number of hydrogen-bond acceptors (Lipinski definition) is 4. The Balaban J connectivity index is 0. The van der Waals surface area contributed by atoms with E-state index in [2.05, 4.69) is 6.92 Å². The topological polar surface area (TPSA) is 132 Å². The zero-order valence-electron chi connectivity index (χ0n) is 18.6. The van der Waals surface area contributed by atoms with Crippen LogP contribution in [0.25, 0.3) is 0 Å². The molecule has 0 saturated carbocycles. The third kappa shape index (κ3) is 14.3. The molecule has 0 aliphatic carbocycles. The van der Waals surface area contributed by atoms with Gasteiger partial charge in [-0.1, -0.05) is 96.8 Å². The van der Waals surface area contributed by atoms with Gasteiger partial charge in [0.2, 0.25) is 0 Å². The second kappa shape index (κ2) is 19.0. The predicted octanol–water partition coefficient (Wildman–Crippen LogP) is 3.67. The summed E-state index contributed by atoms with van der Waals surface area (Å²) in [6, 6.07) is 0. The Kier molecular flexibility index (Phi) is 19.9. The number of aliphatic hydroxyl groups is 1. The summed E-state index contributed by atoms with van der Waals surface area (Å²) >= 11 is 0. The van der Waals surface area contributed by atoms with Crippen molar-refractivity contribution in [2.24, 2.45) is 5.92 Å². The average molecular weight is 629 g/mol. The van der Waals surface area contributed by atoms with Crippen LogP contribution in [-0.2, 0) is 14.4 Å². The van der Waals surface area contributed by atoms with Gasteiger partial charge in [0.1, 0.15) is 0 Å². The molecule has 0 fully saturated rings. The zero-order valence-corrected chi connectivity index (χ0v) is 24.1. The van der Waals surface area contributed by atoms with Crippen molar-refractivity contribution in [1.29, 1.82) is 0 Å². The molecule has 0 radical (unpaired) electrons. The molecule has 30 heavy (non-hydrogen) atoms. The van der Waals surface area contributed by atoms with Crippen LogP contribution in [0.2, 0.25) is 0 Å². The Labute approximate surface area is 199 Å². The van der Waals surface area contributed by atoms with Gasteiger partial charge in [-0.3, -0.25) is 9.59 Å². The van der Waals surface area contributed by atoms with Crippen LogP contribution < -0.4 is 0 Å². The molecule has 0 saturated heterocycles. The first-order valence-electron chi connectivity index (χ1n) is 11.2. The molecule has 7 nitrogen and oxygen atoms in total. The number of carboxylic acid groups (broad SMARTS) is 3. The Bertz CT molecular complexity index is 484. The van der Waals surface area contributed by atoms with E-state index in [1.165, 1.54) is 57.8 Å². The average Bonchev–Trinajstić information content (AvgIpc) is 2.63. The summed E-state index contributed by atoms with van der Waals surface area (Å²) in [6.45, 7) is 2.22. The molecular weight excluding hydrogens is 585 g/mol. The van der Waals surface area contributed by atoms with E-state index in [1.54, 1.807) is 0 Å². The van der Waals surface area contributed by atoms with E-state index in [9.17, 15) is 24.6 Å². The molecule has 178 valence electrons. The molecule has 0 amide bonds. The van der Waals surface area contributed by atoms with Crippen LogP contribution in [0.4, 0.5) is 0 Å². The van der Waals surface area contributed by atoms with Crippen LogP contribution in [0, 0.1) is 5.92 Å². The van der Waals surface area contributed by atoms with Crippen LogP contribution in [0.15, 0.2) is 0 Å². The summed E-state index contributed by atoms with van der Waals surface area (Å²) in [4.78, 5) is 33.5. The molecule has 2 atom stereocenters. The Morgan fingerprint density at radius 1 is 0.700 bits per heavy atom. The fourth-order valence-corrected chi connectivity index (χ4v) is 3.69. The predicted molar refractivity (Wildman–Crippen MR) is 121 cm³/mol.